The Bertz CT molecular complexity index is 1140. The first-order chi connectivity index (χ1) is 13.3. The van der Waals surface area contributed by atoms with E-state index in [4.69, 9.17) is 28.6 Å². The molecule has 0 aliphatic carbocycles. The van der Waals surface area contributed by atoms with Gasteiger partial charge in [0.05, 0.1) is 16.3 Å². The molecule has 1 aromatic heterocycles. The highest BCUT2D eigenvalue weighted by Gasteiger charge is 2.34. The number of nitrogens with zero attached hydrogens (tertiary/aromatic N) is 3. The second-order valence-corrected chi connectivity index (χ2v) is 8.26. The molecular weight excluding hydrogens is 415 g/mol. The van der Waals surface area contributed by atoms with Gasteiger partial charge in [0, 0.05) is 22.1 Å². The van der Waals surface area contributed by atoms with Crippen molar-refractivity contribution in [3.05, 3.63) is 67.9 Å². The van der Waals surface area contributed by atoms with Gasteiger partial charge < -0.3 is 4.57 Å². The van der Waals surface area contributed by atoms with Gasteiger partial charge in [0.1, 0.15) is 5.84 Å². The van der Waals surface area contributed by atoms with Crippen LogP contribution >= 0.6 is 35.0 Å². The van der Waals surface area contributed by atoms with Crippen LogP contribution in [0.1, 0.15) is 23.9 Å². The quantitative estimate of drug-likeness (QED) is 0.633. The zero-order chi connectivity index (χ0) is 20.2. The standard InChI is InChI=1S/C20H16Cl2N4OS/c1-10-6-13(12(3)25(10)17-8-14(21)4-5-16(17)22)7-15-18(23)26-11(2)9-28-20(26)24-19(15)27/h4-9,23H,1-3H3. The molecule has 2 aliphatic rings. The second kappa shape index (κ2) is 6.95. The first kappa shape index (κ1) is 19.1. The maximum atomic E-state index is 12.5. The average molecular weight is 431 g/mol. The number of aryl methyl sites for hydroxylation is 1. The summed E-state index contributed by atoms with van der Waals surface area (Å²) in [4.78, 5) is 18.3. The summed E-state index contributed by atoms with van der Waals surface area (Å²) < 4.78 is 1.99. The van der Waals surface area contributed by atoms with Crippen molar-refractivity contribution in [2.24, 2.45) is 4.99 Å². The lowest BCUT2D eigenvalue weighted by Gasteiger charge is -2.25. The van der Waals surface area contributed by atoms with Gasteiger partial charge in [0.25, 0.3) is 5.91 Å². The molecule has 0 saturated carbocycles. The van der Waals surface area contributed by atoms with E-state index in [1.165, 1.54) is 11.8 Å². The zero-order valence-electron chi connectivity index (χ0n) is 15.4. The van der Waals surface area contributed by atoms with E-state index < -0.39 is 5.91 Å². The fourth-order valence-corrected chi connectivity index (χ4v) is 4.58. The lowest BCUT2D eigenvalue weighted by atomic mass is 10.1. The van der Waals surface area contributed by atoms with Gasteiger partial charge in [0.2, 0.25) is 0 Å². The van der Waals surface area contributed by atoms with Crippen LogP contribution in [-0.2, 0) is 4.79 Å². The van der Waals surface area contributed by atoms with Crippen molar-refractivity contribution < 1.29 is 4.79 Å². The molecule has 2 aromatic rings. The monoisotopic (exact) mass is 430 g/mol. The molecule has 28 heavy (non-hydrogen) atoms. The van der Waals surface area contributed by atoms with E-state index >= 15 is 0 Å². The van der Waals surface area contributed by atoms with Crippen molar-refractivity contribution in [2.45, 2.75) is 20.8 Å². The summed E-state index contributed by atoms with van der Waals surface area (Å²) >= 11 is 13.9. The smallest absolute Gasteiger partial charge is 0.283 e. The van der Waals surface area contributed by atoms with Crippen LogP contribution in [0.25, 0.3) is 11.8 Å². The lowest BCUT2D eigenvalue weighted by Crippen LogP contribution is -2.37. The van der Waals surface area contributed by atoms with Gasteiger partial charge in [-0.1, -0.05) is 35.0 Å². The molecule has 0 bridgehead atoms. The molecule has 5 nitrogen and oxygen atoms in total. The number of amidine groups is 2. The van der Waals surface area contributed by atoms with Crippen LogP contribution in [0.2, 0.25) is 10.0 Å². The first-order valence-electron chi connectivity index (χ1n) is 8.49. The fraction of sp³-hybridized carbons (Fsp3) is 0.150. The minimum Gasteiger partial charge on any atom is -0.316 e. The van der Waals surface area contributed by atoms with E-state index in [1.807, 2.05) is 36.8 Å². The topological polar surface area (TPSA) is 61.5 Å². The largest absolute Gasteiger partial charge is 0.316 e. The number of thioether (sulfide) groups is 1. The van der Waals surface area contributed by atoms with Gasteiger partial charge in [-0.25, -0.2) is 0 Å². The Morgan fingerprint density at radius 2 is 1.93 bits per heavy atom. The highest BCUT2D eigenvalue weighted by atomic mass is 35.5. The minimum atomic E-state index is -0.405. The Labute approximate surface area is 176 Å². The Kier molecular flexibility index (Phi) is 4.73. The highest BCUT2D eigenvalue weighted by molar-refractivity contribution is 8.16. The zero-order valence-corrected chi connectivity index (χ0v) is 17.7. The van der Waals surface area contributed by atoms with Gasteiger partial charge >= 0.3 is 0 Å². The van der Waals surface area contributed by atoms with E-state index in [0.717, 1.165) is 28.3 Å². The predicted octanol–water partition coefficient (Wildman–Crippen LogP) is 5.57. The summed E-state index contributed by atoms with van der Waals surface area (Å²) in [5.74, 6) is -0.267. The van der Waals surface area contributed by atoms with E-state index in [-0.39, 0.29) is 11.4 Å². The Balaban J connectivity index is 1.82. The Morgan fingerprint density at radius 3 is 2.68 bits per heavy atom. The summed E-state index contributed by atoms with van der Waals surface area (Å²) in [6, 6.07) is 7.26. The fourth-order valence-electron chi connectivity index (χ4n) is 3.36. The number of halogens is 2. The number of nitrogens with one attached hydrogen (secondary N) is 1. The van der Waals surface area contributed by atoms with Gasteiger partial charge in [-0.2, -0.15) is 4.99 Å². The molecule has 3 heterocycles. The van der Waals surface area contributed by atoms with Gasteiger partial charge in [0.15, 0.2) is 5.17 Å². The van der Waals surface area contributed by atoms with Crippen molar-refractivity contribution in [3.63, 3.8) is 0 Å². The number of hydrogen-bond acceptors (Lipinski definition) is 3. The van der Waals surface area contributed by atoms with E-state index in [9.17, 15) is 4.79 Å². The number of hydrogen-bond donors (Lipinski definition) is 1. The summed E-state index contributed by atoms with van der Waals surface area (Å²) in [7, 11) is 0. The van der Waals surface area contributed by atoms with Crippen LogP contribution in [0.5, 0.6) is 0 Å². The number of fused-ring (bicyclic) bond motifs is 1. The molecule has 0 radical (unpaired) electrons. The second-order valence-electron chi connectivity index (χ2n) is 6.58. The number of amides is 1. The van der Waals surface area contributed by atoms with Crippen LogP contribution in [0, 0.1) is 19.3 Å². The Morgan fingerprint density at radius 1 is 1.18 bits per heavy atom. The van der Waals surface area contributed by atoms with E-state index in [2.05, 4.69) is 4.99 Å². The highest BCUT2D eigenvalue weighted by Crippen LogP contribution is 2.33. The molecule has 142 valence electrons. The van der Waals surface area contributed by atoms with Crippen LogP contribution in [0.3, 0.4) is 0 Å². The summed E-state index contributed by atoms with van der Waals surface area (Å²) in [5, 5.41) is 12.1. The number of aliphatic imine (C=N–C) groups is 1. The van der Waals surface area contributed by atoms with Crippen LogP contribution in [0.4, 0.5) is 0 Å². The first-order valence-corrected chi connectivity index (χ1v) is 10.1. The van der Waals surface area contributed by atoms with E-state index in [0.29, 0.717) is 15.2 Å². The maximum absolute atomic E-state index is 12.5. The number of benzene rings is 1. The summed E-state index contributed by atoms with van der Waals surface area (Å²) in [5.41, 5.74) is 4.58. The van der Waals surface area contributed by atoms with Gasteiger partial charge in [-0.15, -0.1) is 0 Å². The molecule has 1 aromatic carbocycles. The molecule has 0 spiro atoms. The molecule has 0 fully saturated rings. The van der Waals surface area contributed by atoms with Gasteiger partial charge in [-0.05, 0) is 62.1 Å². The molecular formula is C20H16Cl2N4OS. The summed E-state index contributed by atoms with van der Waals surface area (Å²) in [6.07, 6.45) is 1.72. The van der Waals surface area contributed by atoms with E-state index in [1.54, 1.807) is 29.2 Å². The lowest BCUT2D eigenvalue weighted by molar-refractivity contribution is -0.114. The molecule has 0 saturated heterocycles. The van der Waals surface area contributed by atoms with Gasteiger partial charge in [-0.3, -0.25) is 15.1 Å². The average Bonchev–Trinajstić information content (AvgIpc) is 3.13. The molecule has 8 heteroatoms. The number of aromatic nitrogens is 1. The third kappa shape index (κ3) is 3.02. The summed E-state index contributed by atoms with van der Waals surface area (Å²) in [6.45, 7) is 5.80. The van der Waals surface area contributed by atoms with Crippen molar-refractivity contribution in [2.75, 3.05) is 0 Å². The molecule has 1 N–H and O–H groups in total. The maximum Gasteiger partial charge on any atom is 0.283 e. The normalized spacial score (nSPS) is 17.9. The van der Waals surface area contributed by atoms with Crippen molar-refractivity contribution in [1.29, 1.82) is 5.41 Å². The Hall–Kier alpha value is -2.28. The minimum absolute atomic E-state index is 0.138. The van der Waals surface area contributed by atoms with Crippen molar-refractivity contribution in [3.8, 4) is 5.69 Å². The molecule has 2 aliphatic heterocycles. The van der Waals surface area contributed by atoms with Crippen molar-refractivity contribution in [1.82, 2.24) is 9.47 Å². The predicted molar refractivity (Wildman–Crippen MR) is 117 cm³/mol. The third-order valence-electron chi connectivity index (χ3n) is 4.70. The van der Waals surface area contributed by atoms with Crippen LogP contribution in [0.15, 0.2) is 45.9 Å². The van der Waals surface area contributed by atoms with Crippen molar-refractivity contribution >= 4 is 58.0 Å². The molecule has 0 atom stereocenters. The molecule has 1 amide bonds. The van der Waals surface area contributed by atoms with Crippen LogP contribution in [-0.4, -0.2) is 26.4 Å². The number of carbonyl (C=O) groups excluding carboxylic acids is 1. The van der Waals surface area contributed by atoms with Crippen LogP contribution < -0.4 is 0 Å². The SMILES string of the molecule is CC1=CSC2=NC(=O)C(=Cc3cc(C)n(-c4cc(Cl)ccc4Cl)c3C)C(=N)N12. The third-order valence-corrected chi connectivity index (χ3v) is 6.20. The number of allylic oxidation sites excluding steroid dienone is 1. The molecule has 4 rings (SSSR count). The molecule has 0 unspecified atom stereocenters. The number of carbonyl (C=O) groups is 1. The number of rotatable bonds is 2.